The number of aryl methyl sites for hydroxylation is 1. The summed E-state index contributed by atoms with van der Waals surface area (Å²) in [7, 11) is 0. The molecule has 0 aliphatic heterocycles. The van der Waals surface area contributed by atoms with Crippen LogP contribution in [0.4, 0.5) is 0 Å². The van der Waals surface area contributed by atoms with Crippen molar-refractivity contribution >= 4 is 0 Å². The highest BCUT2D eigenvalue weighted by atomic mass is 16.5. The van der Waals surface area contributed by atoms with Crippen molar-refractivity contribution < 1.29 is 4.74 Å². The zero-order valence-electron chi connectivity index (χ0n) is 10.8. The standard InChI is InChI=1S/C14H19N3O/c1-3-14(15)11-6-5-7-12(8-11)18-13-9-16-17(4-2)10-13/h5-10,14H,3-4,15H2,1-2H3. The molecule has 0 spiro atoms. The summed E-state index contributed by atoms with van der Waals surface area (Å²) in [6, 6.07) is 7.96. The molecule has 4 nitrogen and oxygen atoms in total. The van der Waals surface area contributed by atoms with Crippen LogP contribution in [-0.2, 0) is 6.54 Å². The Balaban J connectivity index is 2.13. The Hall–Kier alpha value is -1.81. The van der Waals surface area contributed by atoms with Gasteiger partial charge in [0.2, 0.25) is 0 Å². The smallest absolute Gasteiger partial charge is 0.165 e. The Morgan fingerprint density at radius 1 is 1.33 bits per heavy atom. The molecule has 0 saturated heterocycles. The van der Waals surface area contributed by atoms with E-state index in [9.17, 15) is 0 Å². The minimum absolute atomic E-state index is 0.0620. The predicted molar refractivity (Wildman–Crippen MR) is 71.6 cm³/mol. The lowest BCUT2D eigenvalue weighted by molar-refractivity contribution is 0.479. The molecule has 1 aromatic heterocycles. The van der Waals surface area contributed by atoms with Gasteiger partial charge in [0.15, 0.2) is 5.75 Å². The lowest BCUT2D eigenvalue weighted by Crippen LogP contribution is -2.08. The van der Waals surface area contributed by atoms with Crippen molar-refractivity contribution in [1.82, 2.24) is 9.78 Å². The van der Waals surface area contributed by atoms with Gasteiger partial charge in [0, 0.05) is 12.6 Å². The molecule has 0 aliphatic carbocycles. The minimum atomic E-state index is 0.0620. The Morgan fingerprint density at radius 3 is 2.83 bits per heavy atom. The Bertz CT molecular complexity index is 507. The number of hydrogen-bond acceptors (Lipinski definition) is 3. The van der Waals surface area contributed by atoms with Gasteiger partial charge in [-0.1, -0.05) is 19.1 Å². The summed E-state index contributed by atoms with van der Waals surface area (Å²) in [6.45, 7) is 4.95. The lowest BCUT2D eigenvalue weighted by atomic mass is 10.1. The fraction of sp³-hybridized carbons (Fsp3) is 0.357. The number of nitrogens with two attached hydrogens (primary N) is 1. The third-order valence-electron chi connectivity index (χ3n) is 2.90. The van der Waals surface area contributed by atoms with Gasteiger partial charge in [-0.25, -0.2) is 0 Å². The second-order valence-electron chi connectivity index (χ2n) is 4.22. The maximum absolute atomic E-state index is 6.01. The molecular weight excluding hydrogens is 226 g/mol. The molecular formula is C14H19N3O. The molecule has 0 bridgehead atoms. The molecule has 18 heavy (non-hydrogen) atoms. The van der Waals surface area contributed by atoms with Crippen molar-refractivity contribution in [3.63, 3.8) is 0 Å². The maximum Gasteiger partial charge on any atom is 0.165 e. The Labute approximate surface area is 107 Å². The van der Waals surface area contributed by atoms with E-state index in [-0.39, 0.29) is 6.04 Å². The quantitative estimate of drug-likeness (QED) is 0.880. The van der Waals surface area contributed by atoms with Crippen LogP contribution in [0.15, 0.2) is 36.7 Å². The molecule has 1 atom stereocenters. The van der Waals surface area contributed by atoms with E-state index in [2.05, 4.69) is 12.0 Å². The van der Waals surface area contributed by atoms with Crippen molar-refractivity contribution in [3.8, 4) is 11.5 Å². The summed E-state index contributed by atoms with van der Waals surface area (Å²) in [5, 5.41) is 4.17. The minimum Gasteiger partial charge on any atom is -0.454 e. The van der Waals surface area contributed by atoms with E-state index in [4.69, 9.17) is 10.5 Å². The largest absolute Gasteiger partial charge is 0.454 e. The first kappa shape index (κ1) is 12.6. The SMILES string of the molecule is CCC(N)c1cccc(Oc2cnn(CC)c2)c1. The molecule has 4 heteroatoms. The number of nitrogens with zero attached hydrogens (tertiary/aromatic N) is 2. The second-order valence-corrected chi connectivity index (χ2v) is 4.22. The van der Waals surface area contributed by atoms with E-state index < -0.39 is 0 Å². The van der Waals surface area contributed by atoms with E-state index in [0.29, 0.717) is 0 Å². The summed E-state index contributed by atoms with van der Waals surface area (Å²) in [4.78, 5) is 0. The third kappa shape index (κ3) is 2.90. The normalized spacial score (nSPS) is 12.4. The van der Waals surface area contributed by atoms with Gasteiger partial charge in [-0.2, -0.15) is 5.10 Å². The lowest BCUT2D eigenvalue weighted by Gasteiger charge is -2.10. The van der Waals surface area contributed by atoms with Gasteiger partial charge in [0.05, 0.1) is 12.4 Å². The molecule has 0 fully saturated rings. The molecule has 1 heterocycles. The molecule has 0 aliphatic rings. The van der Waals surface area contributed by atoms with Crippen LogP contribution in [0.3, 0.4) is 0 Å². The van der Waals surface area contributed by atoms with Gasteiger partial charge in [-0.05, 0) is 31.0 Å². The van der Waals surface area contributed by atoms with E-state index in [0.717, 1.165) is 30.0 Å². The molecule has 2 rings (SSSR count). The molecule has 1 unspecified atom stereocenters. The van der Waals surface area contributed by atoms with Crippen LogP contribution in [0.1, 0.15) is 31.9 Å². The van der Waals surface area contributed by atoms with Crippen LogP contribution < -0.4 is 10.5 Å². The molecule has 1 aromatic carbocycles. The number of rotatable bonds is 5. The zero-order valence-corrected chi connectivity index (χ0v) is 10.8. The summed E-state index contributed by atoms with van der Waals surface area (Å²) in [5.41, 5.74) is 7.11. The van der Waals surface area contributed by atoms with Crippen LogP contribution in [0.2, 0.25) is 0 Å². The summed E-state index contributed by atoms with van der Waals surface area (Å²) in [6.07, 6.45) is 4.51. The van der Waals surface area contributed by atoms with Crippen LogP contribution in [0.25, 0.3) is 0 Å². The van der Waals surface area contributed by atoms with Crippen molar-refractivity contribution in [2.75, 3.05) is 0 Å². The third-order valence-corrected chi connectivity index (χ3v) is 2.90. The first-order valence-corrected chi connectivity index (χ1v) is 6.28. The topological polar surface area (TPSA) is 53.1 Å². The molecule has 0 saturated carbocycles. The summed E-state index contributed by atoms with van der Waals surface area (Å²) < 4.78 is 7.59. The molecule has 96 valence electrons. The van der Waals surface area contributed by atoms with Gasteiger partial charge < -0.3 is 10.5 Å². The monoisotopic (exact) mass is 245 g/mol. The van der Waals surface area contributed by atoms with Crippen LogP contribution in [0, 0.1) is 0 Å². The number of benzene rings is 1. The Morgan fingerprint density at radius 2 is 2.17 bits per heavy atom. The summed E-state index contributed by atoms with van der Waals surface area (Å²) in [5.74, 6) is 1.55. The van der Waals surface area contributed by atoms with Crippen LogP contribution >= 0.6 is 0 Å². The second kappa shape index (κ2) is 5.69. The maximum atomic E-state index is 6.01. The molecule has 2 aromatic rings. The number of ether oxygens (including phenoxy) is 1. The van der Waals surface area contributed by atoms with Gasteiger partial charge in [-0.15, -0.1) is 0 Å². The average Bonchev–Trinajstić information content (AvgIpc) is 2.86. The van der Waals surface area contributed by atoms with E-state index in [1.54, 1.807) is 6.20 Å². The van der Waals surface area contributed by atoms with Gasteiger partial charge >= 0.3 is 0 Å². The number of aromatic nitrogens is 2. The highest BCUT2D eigenvalue weighted by Gasteiger charge is 2.06. The first-order valence-electron chi connectivity index (χ1n) is 6.28. The first-order chi connectivity index (χ1) is 8.72. The fourth-order valence-electron chi connectivity index (χ4n) is 1.75. The molecule has 0 radical (unpaired) electrons. The van der Waals surface area contributed by atoms with Crippen molar-refractivity contribution in [1.29, 1.82) is 0 Å². The van der Waals surface area contributed by atoms with Crippen LogP contribution in [-0.4, -0.2) is 9.78 Å². The number of hydrogen-bond donors (Lipinski definition) is 1. The van der Waals surface area contributed by atoms with Crippen molar-refractivity contribution in [2.24, 2.45) is 5.73 Å². The van der Waals surface area contributed by atoms with Gasteiger partial charge in [-0.3, -0.25) is 4.68 Å². The van der Waals surface area contributed by atoms with Crippen molar-refractivity contribution in [3.05, 3.63) is 42.2 Å². The highest BCUT2D eigenvalue weighted by Crippen LogP contribution is 2.24. The van der Waals surface area contributed by atoms with E-state index in [1.807, 2.05) is 42.1 Å². The average molecular weight is 245 g/mol. The predicted octanol–water partition coefficient (Wildman–Crippen LogP) is 3.11. The van der Waals surface area contributed by atoms with Gasteiger partial charge in [0.25, 0.3) is 0 Å². The van der Waals surface area contributed by atoms with Crippen LogP contribution in [0.5, 0.6) is 11.5 Å². The Kier molecular flexibility index (Phi) is 3.99. The molecule has 2 N–H and O–H groups in total. The highest BCUT2D eigenvalue weighted by molar-refractivity contribution is 5.33. The molecule has 0 amide bonds. The van der Waals surface area contributed by atoms with E-state index >= 15 is 0 Å². The van der Waals surface area contributed by atoms with Crippen molar-refractivity contribution in [2.45, 2.75) is 32.9 Å². The fourth-order valence-corrected chi connectivity index (χ4v) is 1.75. The summed E-state index contributed by atoms with van der Waals surface area (Å²) >= 11 is 0. The zero-order chi connectivity index (χ0) is 13.0. The van der Waals surface area contributed by atoms with E-state index in [1.165, 1.54) is 0 Å². The van der Waals surface area contributed by atoms with Gasteiger partial charge in [0.1, 0.15) is 5.75 Å².